The van der Waals surface area contributed by atoms with Crippen molar-refractivity contribution in [1.29, 1.82) is 0 Å². The third-order valence-electron chi connectivity index (χ3n) is 1.43. The maximum Gasteiger partial charge on any atom is 0.361 e. The summed E-state index contributed by atoms with van der Waals surface area (Å²) in [7, 11) is 0. The predicted octanol–water partition coefficient (Wildman–Crippen LogP) is 0.289. The largest absolute Gasteiger partial charge is 0.462 e. The highest BCUT2D eigenvalue weighted by molar-refractivity contribution is 7.82. The van der Waals surface area contributed by atoms with E-state index in [-0.39, 0.29) is 13.0 Å². The number of thiol groups is 1. The first-order valence-corrected chi connectivity index (χ1v) is 3.78. The van der Waals surface area contributed by atoms with Crippen LogP contribution in [0.15, 0.2) is 12.7 Å². The van der Waals surface area contributed by atoms with Crippen molar-refractivity contribution in [3.05, 3.63) is 12.7 Å². The van der Waals surface area contributed by atoms with Crippen LogP contribution >= 0.6 is 12.6 Å². The molecule has 1 heterocycles. The molecule has 12 heavy (non-hydrogen) atoms. The minimum atomic E-state index is -1.41. The van der Waals surface area contributed by atoms with Crippen LogP contribution in [0.1, 0.15) is 6.42 Å². The molecular weight excluding hydrogens is 180 g/mol. The smallest absolute Gasteiger partial charge is 0.361 e. The second-order valence-corrected chi connectivity index (χ2v) is 3.02. The van der Waals surface area contributed by atoms with Crippen molar-refractivity contribution in [3.8, 4) is 0 Å². The summed E-state index contributed by atoms with van der Waals surface area (Å²) in [5, 5.41) is 0. The average Bonchev–Trinajstić information content (AvgIpc) is 2.32. The van der Waals surface area contributed by atoms with Crippen molar-refractivity contribution >= 4 is 24.6 Å². The zero-order valence-corrected chi connectivity index (χ0v) is 7.17. The molecular formula is C7H8O4S. The van der Waals surface area contributed by atoms with Crippen molar-refractivity contribution in [3.63, 3.8) is 0 Å². The van der Waals surface area contributed by atoms with Crippen LogP contribution in [0.5, 0.6) is 0 Å². The van der Waals surface area contributed by atoms with Crippen LogP contribution in [0.3, 0.4) is 0 Å². The minimum Gasteiger partial charge on any atom is -0.462 e. The molecule has 1 rings (SSSR count). The number of esters is 2. The van der Waals surface area contributed by atoms with Crippen LogP contribution in [0.4, 0.5) is 0 Å². The molecule has 1 atom stereocenters. The molecule has 0 aromatic carbocycles. The van der Waals surface area contributed by atoms with Gasteiger partial charge in [-0.25, -0.2) is 9.59 Å². The molecule has 0 radical (unpaired) electrons. The molecule has 0 spiro atoms. The summed E-state index contributed by atoms with van der Waals surface area (Å²) >= 11 is 3.90. The minimum absolute atomic E-state index is 0.229. The number of rotatable bonds is 2. The van der Waals surface area contributed by atoms with Gasteiger partial charge < -0.3 is 9.47 Å². The number of ether oxygens (including phenoxy) is 2. The van der Waals surface area contributed by atoms with E-state index in [0.717, 1.165) is 6.08 Å². The summed E-state index contributed by atoms with van der Waals surface area (Å²) in [6.45, 7) is 3.43. The van der Waals surface area contributed by atoms with E-state index < -0.39 is 16.9 Å². The molecule has 1 aliphatic heterocycles. The molecule has 0 aromatic heterocycles. The molecule has 1 fully saturated rings. The predicted molar refractivity (Wildman–Crippen MR) is 43.6 cm³/mol. The summed E-state index contributed by atoms with van der Waals surface area (Å²) in [5.74, 6) is -1.30. The van der Waals surface area contributed by atoms with E-state index in [0.29, 0.717) is 0 Å². The van der Waals surface area contributed by atoms with E-state index in [1.54, 1.807) is 0 Å². The Bertz CT molecular complexity index is 238. The highest BCUT2D eigenvalue weighted by Crippen LogP contribution is 2.28. The first-order chi connectivity index (χ1) is 5.58. The van der Waals surface area contributed by atoms with Gasteiger partial charge in [-0.2, -0.15) is 0 Å². The van der Waals surface area contributed by atoms with Gasteiger partial charge in [-0.15, -0.1) is 12.6 Å². The van der Waals surface area contributed by atoms with E-state index in [9.17, 15) is 9.59 Å². The Morgan fingerprint density at radius 3 is 2.92 bits per heavy atom. The summed E-state index contributed by atoms with van der Waals surface area (Å²) in [4.78, 5) is 20.2. The number of cyclic esters (lactones) is 1. The third-order valence-corrected chi connectivity index (χ3v) is 1.93. The molecule has 1 unspecified atom stereocenters. The second kappa shape index (κ2) is 3.18. The van der Waals surface area contributed by atoms with Crippen LogP contribution in [0.2, 0.25) is 0 Å². The third kappa shape index (κ3) is 1.61. The lowest BCUT2D eigenvalue weighted by Gasteiger charge is -2.16. The number of hydrogen-bond acceptors (Lipinski definition) is 5. The first-order valence-electron chi connectivity index (χ1n) is 3.33. The van der Waals surface area contributed by atoms with Crippen LogP contribution in [-0.2, 0) is 19.1 Å². The van der Waals surface area contributed by atoms with Gasteiger partial charge in [-0.3, -0.25) is 0 Å². The van der Waals surface area contributed by atoms with Gasteiger partial charge >= 0.3 is 11.9 Å². The van der Waals surface area contributed by atoms with Crippen molar-refractivity contribution in [1.82, 2.24) is 0 Å². The van der Waals surface area contributed by atoms with Crippen LogP contribution in [0, 0.1) is 0 Å². The number of carbonyl (C=O) groups is 2. The van der Waals surface area contributed by atoms with Gasteiger partial charge in [0.1, 0.15) is 0 Å². The molecule has 0 aromatic rings. The van der Waals surface area contributed by atoms with Crippen molar-refractivity contribution in [2.24, 2.45) is 0 Å². The Morgan fingerprint density at radius 1 is 1.83 bits per heavy atom. The summed E-state index contributed by atoms with van der Waals surface area (Å²) in [6, 6.07) is 0. The van der Waals surface area contributed by atoms with E-state index in [1.807, 2.05) is 0 Å². The highest BCUT2D eigenvalue weighted by atomic mass is 32.1. The Balaban J connectivity index is 2.65. The quantitative estimate of drug-likeness (QED) is 0.293. The fourth-order valence-corrected chi connectivity index (χ4v) is 1.04. The molecule has 66 valence electrons. The van der Waals surface area contributed by atoms with E-state index in [1.165, 1.54) is 0 Å². The molecule has 1 aliphatic rings. The van der Waals surface area contributed by atoms with Gasteiger partial charge in [0.25, 0.3) is 4.93 Å². The van der Waals surface area contributed by atoms with Gasteiger partial charge in [0.2, 0.25) is 0 Å². The van der Waals surface area contributed by atoms with Crippen molar-refractivity contribution < 1.29 is 19.1 Å². The van der Waals surface area contributed by atoms with Crippen molar-refractivity contribution in [2.75, 3.05) is 6.61 Å². The van der Waals surface area contributed by atoms with E-state index in [4.69, 9.17) is 4.74 Å². The van der Waals surface area contributed by atoms with Gasteiger partial charge in [0, 0.05) is 12.5 Å². The maximum atomic E-state index is 10.9. The standard InChI is InChI=1S/C7H8O4S/c1-2-5(8)11-7(12)3-4-10-6(7)9/h2,12H,1,3-4H2. The van der Waals surface area contributed by atoms with Crippen LogP contribution < -0.4 is 0 Å². The first kappa shape index (κ1) is 9.12. The lowest BCUT2D eigenvalue weighted by Crippen LogP contribution is -2.33. The van der Waals surface area contributed by atoms with E-state index in [2.05, 4.69) is 23.9 Å². The number of carbonyl (C=O) groups excluding carboxylic acids is 2. The van der Waals surface area contributed by atoms with Gasteiger partial charge in [-0.1, -0.05) is 6.58 Å². The lowest BCUT2D eigenvalue weighted by atomic mass is 10.3. The summed E-state index contributed by atoms with van der Waals surface area (Å²) in [6.07, 6.45) is 1.25. The molecule has 4 nitrogen and oxygen atoms in total. The van der Waals surface area contributed by atoms with Gasteiger partial charge in [0.05, 0.1) is 6.61 Å². The Hall–Kier alpha value is -0.970. The molecule has 0 aliphatic carbocycles. The summed E-state index contributed by atoms with van der Waals surface area (Å²) < 4.78 is 9.28. The second-order valence-electron chi connectivity index (χ2n) is 2.30. The Kier molecular flexibility index (Phi) is 2.42. The van der Waals surface area contributed by atoms with Crippen LogP contribution in [-0.4, -0.2) is 23.5 Å². The normalized spacial score (nSPS) is 27.9. The maximum absolute atomic E-state index is 10.9. The van der Waals surface area contributed by atoms with Gasteiger partial charge in [0.15, 0.2) is 0 Å². The van der Waals surface area contributed by atoms with Gasteiger partial charge in [-0.05, 0) is 0 Å². The average molecular weight is 188 g/mol. The zero-order valence-electron chi connectivity index (χ0n) is 6.28. The molecule has 0 amide bonds. The SMILES string of the molecule is C=CC(=O)OC1(S)CCOC1=O. The van der Waals surface area contributed by atoms with Crippen LogP contribution in [0.25, 0.3) is 0 Å². The molecule has 1 saturated heterocycles. The lowest BCUT2D eigenvalue weighted by molar-refractivity contribution is -0.159. The Labute approximate surface area is 74.9 Å². The highest BCUT2D eigenvalue weighted by Gasteiger charge is 2.44. The summed E-state index contributed by atoms with van der Waals surface area (Å²) in [5.41, 5.74) is 0. The molecule has 5 heteroatoms. The molecule has 0 saturated carbocycles. The molecule has 0 N–H and O–H groups in total. The van der Waals surface area contributed by atoms with E-state index >= 15 is 0 Å². The Morgan fingerprint density at radius 2 is 2.50 bits per heavy atom. The topological polar surface area (TPSA) is 52.6 Å². The molecule has 0 bridgehead atoms. The van der Waals surface area contributed by atoms with Crippen molar-refractivity contribution in [2.45, 2.75) is 11.4 Å². The monoisotopic (exact) mass is 188 g/mol. The number of hydrogen-bond donors (Lipinski definition) is 1. The fraction of sp³-hybridized carbons (Fsp3) is 0.429. The zero-order chi connectivity index (χ0) is 9.19. The fourth-order valence-electron chi connectivity index (χ4n) is 0.798.